The van der Waals surface area contributed by atoms with E-state index in [0.29, 0.717) is 0 Å². The molecule has 1 aromatic carbocycles. The molecule has 0 radical (unpaired) electrons. The number of piperazine rings is 1. The van der Waals surface area contributed by atoms with Gasteiger partial charge in [0.2, 0.25) is 0 Å². The van der Waals surface area contributed by atoms with Crippen LogP contribution in [0.1, 0.15) is 29.8 Å². The number of anilines is 1. The fraction of sp³-hybridized carbons (Fsp3) is 0.632. The normalized spacial score (nSPS) is 21.5. The molecule has 26 heavy (non-hydrogen) atoms. The number of aromatic nitrogens is 4. The number of aryl methyl sites for hydroxylation is 1. The molecular formula is C19H28N6O. The van der Waals surface area contributed by atoms with Crippen molar-refractivity contribution in [3.8, 4) is 0 Å². The molecule has 3 heterocycles. The molecule has 0 N–H and O–H groups in total. The summed E-state index contributed by atoms with van der Waals surface area (Å²) in [6.45, 7) is 11.0. The first kappa shape index (κ1) is 17.4. The maximum atomic E-state index is 5.72. The van der Waals surface area contributed by atoms with Crippen LogP contribution >= 0.6 is 0 Å². The van der Waals surface area contributed by atoms with Crippen molar-refractivity contribution in [3.05, 3.63) is 35.2 Å². The van der Waals surface area contributed by atoms with Gasteiger partial charge in [0.1, 0.15) is 0 Å². The molecule has 0 unspecified atom stereocenters. The van der Waals surface area contributed by atoms with Crippen molar-refractivity contribution in [3.63, 3.8) is 0 Å². The Hall–Kier alpha value is -1.99. The second-order valence-corrected chi connectivity index (χ2v) is 7.39. The van der Waals surface area contributed by atoms with E-state index in [2.05, 4.69) is 57.4 Å². The number of nitrogens with zero attached hydrogens (tertiary/aromatic N) is 6. The van der Waals surface area contributed by atoms with Gasteiger partial charge in [0.05, 0.1) is 19.2 Å². The topological polar surface area (TPSA) is 59.3 Å². The minimum Gasteiger partial charge on any atom is -0.376 e. The van der Waals surface area contributed by atoms with Crippen molar-refractivity contribution in [2.24, 2.45) is 0 Å². The second-order valence-electron chi connectivity index (χ2n) is 7.39. The van der Waals surface area contributed by atoms with Gasteiger partial charge in [0.25, 0.3) is 0 Å². The zero-order valence-electron chi connectivity index (χ0n) is 15.8. The Morgan fingerprint density at radius 2 is 2.00 bits per heavy atom. The van der Waals surface area contributed by atoms with E-state index in [9.17, 15) is 0 Å². The van der Waals surface area contributed by atoms with Crippen molar-refractivity contribution in [2.75, 3.05) is 37.7 Å². The van der Waals surface area contributed by atoms with Crippen molar-refractivity contribution in [1.82, 2.24) is 25.1 Å². The smallest absolute Gasteiger partial charge is 0.165 e. The molecule has 2 aliphatic heterocycles. The highest BCUT2D eigenvalue weighted by Gasteiger charge is 2.22. The van der Waals surface area contributed by atoms with Gasteiger partial charge in [0.15, 0.2) is 5.82 Å². The second kappa shape index (κ2) is 7.72. The number of tetrazole rings is 1. The molecule has 2 aromatic rings. The Kier molecular flexibility index (Phi) is 5.17. The number of rotatable bonds is 5. The summed E-state index contributed by atoms with van der Waals surface area (Å²) < 4.78 is 7.64. The van der Waals surface area contributed by atoms with E-state index in [1.807, 2.05) is 4.68 Å². The summed E-state index contributed by atoms with van der Waals surface area (Å²) in [7, 11) is 0. The van der Waals surface area contributed by atoms with Gasteiger partial charge in [0, 0.05) is 38.5 Å². The average molecular weight is 356 g/mol. The molecule has 0 aliphatic carbocycles. The number of hydrogen-bond acceptors (Lipinski definition) is 6. The Morgan fingerprint density at radius 3 is 2.77 bits per heavy atom. The van der Waals surface area contributed by atoms with Gasteiger partial charge in [-0.15, -0.1) is 5.10 Å². The first-order valence-electron chi connectivity index (χ1n) is 9.61. The third-order valence-corrected chi connectivity index (χ3v) is 5.66. The summed E-state index contributed by atoms with van der Waals surface area (Å²) in [4.78, 5) is 4.94. The molecule has 140 valence electrons. The zero-order valence-corrected chi connectivity index (χ0v) is 15.8. The molecule has 0 bridgehead atoms. The van der Waals surface area contributed by atoms with Gasteiger partial charge in [-0.3, -0.25) is 4.90 Å². The highest BCUT2D eigenvalue weighted by Crippen LogP contribution is 2.24. The van der Waals surface area contributed by atoms with Crippen LogP contribution < -0.4 is 4.90 Å². The summed E-state index contributed by atoms with van der Waals surface area (Å²) in [5.74, 6) is 0.945. The lowest BCUT2D eigenvalue weighted by Gasteiger charge is -2.36. The van der Waals surface area contributed by atoms with Gasteiger partial charge >= 0.3 is 0 Å². The number of benzene rings is 1. The molecule has 2 saturated heterocycles. The minimum absolute atomic E-state index is 0.262. The maximum Gasteiger partial charge on any atom is 0.165 e. The maximum absolute atomic E-state index is 5.72. The van der Waals surface area contributed by atoms with Crippen LogP contribution in [0.4, 0.5) is 5.69 Å². The minimum atomic E-state index is 0.262. The number of ether oxygens (including phenoxy) is 1. The van der Waals surface area contributed by atoms with Crippen LogP contribution in [-0.2, 0) is 17.8 Å². The van der Waals surface area contributed by atoms with Crippen LogP contribution in [0.2, 0.25) is 0 Å². The Morgan fingerprint density at radius 1 is 1.15 bits per heavy atom. The van der Waals surface area contributed by atoms with E-state index in [-0.39, 0.29) is 6.10 Å². The monoisotopic (exact) mass is 356 g/mol. The summed E-state index contributed by atoms with van der Waals surface area (Å²) in [5.41, 5.74) is 4.12. The van der Waals surface area contributed by atoms with Crippen LogP contribution in [0.25, 0.3) is 0 Å². The largest absolute Gasteiger partial charge is 0.376 e. The molecule has 0 spiro atoms. The Labute approximate surface area is 154 Å². The first-order chi connectivity index (χ1) is 12.7. The first-order valence-corrected chi connectivity index (χ1v) is 9.61. The van der Waals surface area contributed by atoms with Crippen molar-refractivity contribution >= 4 is 5.69 Å². The summed E-state index contributed by atoms with van der Waals surface area (Å²) in [6, 6.07) is 6.58. The third kappa shape index (κ3) is 3.73. The van der Waals surface area contributed by atoms with Gasteiger partial charge in [-0.25, -0.2) is 4.68 Å². The fourth-order valence-corrected chi connectivity index (χ4v) is 3.88. The highest BCUT2D eigenvalue weighted by molar-refractivity contribution is 5.56. The zero-order chi connectivity index (χ0) is 17.9. The van der Waals surface area contributed by atoms with Gasteiger partial charge in [-0.05, 0) is 54.3 Å². The molecule has 2 aliphatic rings. The van der Waals surface area contributed by atoms with E-state index in [1.54, 1.807) is 0 Å². The molecular weight excluding hydrogens is 328 g/mol. The molecule has 7 heteroatoms. The van der Waals surface area contributed by atoms with Crippen LogP contribution in [0, 0.1) is 13.8 Å². The van der Waals surface area contributed by atoms with Crippen molar-refractivity contribution in [2.45, 2.75) is 45.9 Å². The highest BCUT2D eigenvalue weighted by atomic mass is 16.5. The quantitative estimate of drug-likeness (QED) is 0.814. The van der Waals surface area contributed by atoms with Crippen LogP contribution in [0.15, 0.2) is 18.2 Å². The third-order valence-electron chi connectivity index (χ3n) is 5.66. The molecule has 2 fully saturated rings. The van der Waals surface area contributed by atoms with Crippen LogP contribution in [0.5, 0.6) is 0 Å². The van der Waals surface area contributed by atoms with E-state index in [1.165, 1.54) is 16.8 Å². The Bertz CT molecular complexity index is 731. The standard InChI is InChI=1S/C19H28N6O/c1-15-5-3-7-18(16(15)2)24-10-8-23(9-11-24)14-19-20-21-22-25(19)13-17-6-4-12-26-17/h3,5,7,17H,4,6,8-14H2,1-2H3/t17-/m0/s1. The predicted octanol–water partition coefficient (Wildman–Crippen LogP) is 1.79. The molecule has 7 nitrogen and oxygen atoms in total. The van der Waals surface area contributed by atoms with Crippen LogP contribution in [-0.4, -0.2) is 64.0 Å². The summed E-state index contributed by atoms with van der Waals surface area (Å²) in [6.07, 6.45) is 2.51. The summed E-state index contributed by atoms with van der Waals surface area (Å²) in [5, 5.41) is 12.3. The number of hydrogen-bond donors (Lipinski definition) is 0. The van der Waals surface area contributed by atoms with E-state index >= 15 is 0 Å². The fourth-order valence-electron chi connectivity index (χ4n) is 3.88. The van der Waals surface area contributed by atoms with Crippen LogP contribution in [0.3, 0.4) is 0 Å². The van der Waals surface area contributed by atoms with Gasteiger partial charge < -0.3 is 9.64 Å². The summed E-state index contributed by atoms with van der Waals surface area (Å²) >= 11 is 0. The van der Waals surface area contributed by atoms with Gasteiger partial charge in [-0.1, -0.05) is 12.1 Å². The lowest BCUT2D eigenvalue weighted by Crippen LogP contribution is -2.46. The van der Waals surface area contributed by atoms with E-state index in [4.69, 9.17) is 4.74 Å². The lowest BCUT2D eigenvalue weighted by atomic mass is 10.1. The molecule has 0 saturated carbocycles. The van der Waals surface area contributed by atoms with E-state index in [0.717, 1.165) is 64.5 Å². The van der Waals surface area contributed by atoms with Crippen molar-refractivity contribution < 1.29 is 4.74 Å². The lowest BCUT2D eigenvalue weighted by molar-refractivity contribution is 0.0916. The van der Waals surface area contributed by atoms with E-state index < -0.39 is 0 Å². The molecule has 1 aromatic heterocycles. The Balaban J connectivity index is 1.34. The van der Waals surface area contributed by atoms with Crippen molar-refractivity contribution in [1.29, 1.82) is 0 Å². The SMILES string of the molecule is Cc1cccc(N2CCN(Cc3nnnn3C[C@@H]3CCCO3)CC2)c1C. The molecule has 1 atom stereocenters. The van der Waals surface area contributed by atoms with Gasteiger partial charge in [-0.2, -0.15) is 0 Å². The molecule has 0 amide bonds. The average Bonchev–Trinajstić information content (AvgIpc) is 3.31. The predicted molar refractivity (Wildman–Crippen MR) is 100 cm³/mol. The molecule has 4 rings (SSSR count).